The number of benzene rings is 2. The second kappa shape index (κ2) is 7.51. The van der Waals surface area contributed by atoms with Crippen LogP contribution >= 0.6 is 12.0 Å². The zero-order valence-electron chi connectivity index (χ0n) is 14.2. The van der Waals surface area contributed by atoms with Gasteiger partial charge in [-0.3, -0.25) is 14.9 Å². The van der Waals surface area contributed by atoms with E-state index >= 15 is 0 Å². The van der Waals surface area contributed by atoms with Crippen molar-refractivity contribution >= 4 is 23.9 Å². The molecule has 0 spiro atoms. The van der Waals surface area contributed by atoms with E-state index in [-0.39, 0.29) is 11.8 Å². The number of carbonyl (C=O) groups excluding carboxylic acids is 2. The molecule has 0 atom stereocenters. The molecule has 4 rings (SSSR count). The van der Waals surface area contributed by atoms with Crippen molar-refractivity contribution in [3.63, 3.8) is 0 Å². The van der Waals surface area contributed by atoms with Gasteiger partial charge in [-0.15, -0.1) is 0 Å². The van der Waals surface area contributed by atoms with Gasteiger partial charge in [0.2, 0.25) is 0 Å². The molecule has 0 aromatic heterocycles. The highest BCUT2D eigenvalue weighted by molar-refractivity contribution is 7.94. The molecule has 0 fully saturated rings. The minimum Gasteiger partial charge on any atom is -0.492 e. The van der Waals surface area contributed by atoms with Crippen LogP contribution in [0.2, 0.25) is 0 Å². The largest absolute Gasteiger partial charge is 0.492 e. The van der Waals surface area contributed by atoms with Crippen LogP contribution in [0.15, 0.2) is 41.3 Å². The Bertz CT molecular complexity index is 865. The number of rotatable bonds is 6. The molecule has 5 nitrogen and oxygen atoms in total. The quantitative estimate of drug-likeness (QED) is 0.479. The molecule has 0 bridgehead atoms. The zero-order chi connectivity index (χ0) is 17.9. The first-order valence-electron chi connectivity index (χ1n) is 8.75. The number of hydrogen-bond acceptors (Lipinski definition) is 5. The molecule has 2 aromatic rings. The van der Waals surface area contributed by atoms with Gasteiger partial charge >= 0.3 is 0 Å². The van der Waals surface area contributed by atoms with Gasteiger partial charge in [-0.25, -0.2) is 0 Å². The molecule has 2 aliphatic heterocycles. The van der Waals surface area contributed by atoms with Crippen LogP contribution in [0, 0.1) is 0 Å². The zero-order valence-corrected chi connectivity index (χ0v) is 15.1. The number of ether oxygens (including phenoxy) is 1. The van der Waals surface area contributed by atoms with Crippen LogP contribution in [0.4, 0.5) is 0 Å². The summed E-state index contributed by atoms with van der Waals surface area (Å²) < 4.78 is 11.5. The molecule has 26 heavy (non-hydrogen) atoms. The van der Waals surface area contributed by atoms with Gasteiger partial charge in [-0.1, -0.05) is 18.2 Å². The Morgan fingerprint density at radius 2 is 2.00 bits per heavy atom. The highest BCUT2D eigenvalue weighted by Gasteiger charge is 2.26. The fraction of sp³-hybridized carbons (Fsp3) is 0.300. The topological polar surface area (TPSA) is 64.6 Å². The van der Waals surface area contributed by atoms with Gasteiger partial charge in [-0.05, 0) is 55.0 Å². The van der Waals surface area contributed by atoms with Gasteiger partial charge in [0.1, 0.15) is 5.75 Å². The van der Waals surface area contributed by atoms with E-state index in [4.69, 9.17) is 8.92 Å². The Hall–Kier alpha value is -2.31. The molecular formula is C20H19NO4S. The molecule has 0 saturated heterocycles. The van der Waals surface area contributed by atoms with Crippen molar-refractivity contribution in [3.05, 3.63) is 58.7 Å². The van der Waals surface area contributed by atoms with Crippen LogP contribution in [0.25, 0.3) is 0 Å². The Morgan fingerprint density at radius 3 is 2.92 bits per heavy atom. The molecular weight excluding hydrogens is 350 g/mol. The standard InChI is InChI=1S/C20H19NO4S/c22-19-15-9-8-13(12-16(15)20(23)21-19)4-2-11-25-26-17-7-1-5-14-6-3-10-24-18(14)17/h1,5,7-9,12H,2-4,6,10-11H2,(H,21,22,23). The number of carbonyl (C=O) groups is 2. The molecule has 2 amide bonds. The van der Waals surface area contributed by atoms with E-state index < -0.39 is 0 Å². The number of nitrogens with one attached hydrogen (secondary N) is 1. The lowest BCUT2D eigenvalue weighted by Crippen LogP contribution is -2.19. The number of aryl methyl sites for hydroxylation is 2. The second-order valence-corrected chi connectivity index (χ2v) is 7.21. The second-order valence-electron chi connectivity index (χ2n) is 6.37. The molecule has 6 heteroatoms. The summed E-state index contributed by atoms with van der Waals surface area (Å²) in [5.41, 5.74) is 3.20. The summed E-state index contributed by atoms with van der Waals surface area (Å²) in [5.74, 6) is 0.329. The highest BCUT2D eigenvalue weighted by Crippen LogP contribution is 2.36. The third-order valence-electron chi connectivity index (χ3n) is 4.54. The van der Waals surface area contributed by atoms with Crippen LogP contribution in [-0.2, 0) is 17.0 Å². The number of amides is 2. The normalized spacial score (nSPS) is 15.2. The predicted octanol–water partition coefficient (Wildman–Crippen LogP) is 3.55. The first-order chi connectivity index (χ1) is 12.7. The first-order valence-corrected chi connectivity index (χ1v) is 9.49. The summed E-state index contributed by atoms with van der Waals surface area (Å²) in [6, 6.07) is 11.6. The Balaban J connectivity index is 1.28. The fourth-order valence-corrected chi connectivity index (χ4v) is 3.96. The molecule has 0 radical (unpaired) electrons. The molecule has 0 saturated carbocycles. The van der Waals surface area contributed by atoms with Crippen LogP contribution in [0.1, 0.15) is 44.7 Å². The maximum absolute atomic E-state index is 11.7. The lowest BCUT2D eigenvalue weighted by Gasteiger charge is -2.19. The van der Waals surface area contributed by atoms with E-state index in [0.29, 0.717) is 17.7 Å². The fourth-order valence-electron chi connectivity index (χ4n) is 3.24. The highest BCUT2D eigenvalue weighted by atomic mass is 32.2. The summed E-state index contributed by atoms with van der Waals surface area (Å²) in [6.45, 7) is 1.36. The first kappa shape index (κ1) is 17.1. The van der Waals surface area contributed by atoms with E-state index in [1.165, 1.54) is 17.6 Å². The van der Waals surface area contributed by atoms with Crippen LogP contribution in [0.3, 0.4) is 0 Å². The summed E-state index contributed by atoms with van der Waals surface area (Å²) in [7, 11) is 0. The van der Waals surface area contributed by atoms with E-state index in [1.54, 1.807) is 12.1 Å². The SMILES string of the molecule is O=C1NC(=O)c2cc(CCCOSc3cccc4c3OCCC4)ccc21. The predicted molar refractivity (Wildman–Crippen MR) is 98.6 cm³/mol. The van der Waals surface area contributed by atoms with E-state index in [2.05, 4.69) is 11.4 Å². The van der Waals surface area contributed by atoms with Crippen molar-refractivity contribution in [3.8, 4) is 5.75 Å². The molecule has 0 unspecified atom stereocenters. The number of hydrogen-bond donors (Lipinski definition) is 1. The number of fused-ring (bicyclic) bond motifs is 2. The van der Waals surface area contributed by atoms with Crippen molar-refractivity contribution in [2.24, 2.45) is 0 Å². The molecule has 2 aromatic carbocycles. The van der Waals surface area contributed by atoms with Crippen molar-refractivity contribution in [1.29, 1.82) is 0 Å². The number of para-hydroxylation sites is 1. The summed E-state index contributed by atoms with van der Waals surface area (Å²) >= 11 is 1.36. The summed E-state index contributed by atoms with van der Waals surface area (Å²) in [6.07, 6.45) is 3.74. The maximum atomic E-state index is 11.7. The van der Waals surface area contributed by atoms with Crippen LogP contribution < -0.4 is 10.1 Å². The maximum Gasteiger partial charge on any atom is 0.258 e. The summed E-state index contributed by atoms with van der Waals surface area (Å²) in [5, 5.41) is 2.31. The average molecular weight is 369 g/mol. The van der Waals surface area contributed by atoms with E-state index in [1.807, 2.05) is 18.2 Å². The molecule has 0 aliphatic carbocycles. The van der Waals surface area contributed by atoms with Crippen molar-refractivity contribution < 1.29 is 18.5 Å². The monoisotopic (exact) mass is 369 g/mol. The third-order valence-corrected chi connectivity index (χ3v) is 5.32. The Morgan fingerprint density at radius 1 is 1.12 bits per heavy atom. The molecule has 2 heterocycles. The van der Waals surface area contributed by atoms with Gasteiger partial charge in [0.25, 0.3) is 11.8 Å². The third kappa shape index (κ3) is 3.48. The minimum atomic E-state index is -0.315. The minimum absolute atomic E-state index is 0.312. The van der Waals surface area contributed by atoms with Crippen molar-refractivity contribution in [2.75, 3.05) is 13.2 Å². The van der Waals surface area contributed by atoms with Crippen molar-refractivity contribution in [2.45, 2.75) is 30.6 Å². The van der Waals surface area contributed by atoms with Gasteiger partial charge < -0.3 is 8.92 Å². The smallest absolute Gasteiger partial charge is 0.258 e. The van der Waals surface area contributed by atoms with Crippen LogP contribution in [-0.4, -0.2) is 25.0 Å². The van der Waals surface area contributed by atoms with E-state index in [9.17, 15) is 9.59 Å². The molecule has 2 aliphatic rings. The lowest BCUT2D eigenvalue weighted by molar-refractivity contribution is 0.0879. The Kier molecular flexibility index (Phi) is 4.95. The van der Waals surface area contributed by atoms with Gasteiger partial charge in [-0.2, -0.15) is 0 Å². The number of imide groups is 1. The van der Waals surface area contributed by atoms with E-state index in [0.717, 1.165) is 48.5 Å². The molecule has 1 N–H and O–H groups in total. The summed E-state index contributed by atoms with van der Waals surface area (Å²) in [4.78, 5) is 24.3. The molecule has 134 valence electrons. The Labute approximate surface area is 156 Å². The average Bonchev–Trinajstić information content (AvgIpc) is 2.95. The van der Waals surface area contributed by atoms with Crippen molar-refractivity contribution in [1.82, 2.24) is 5.32 Å². The lowest BCUT2D eigenvalue weighted by atomic mass is 10.0. The van der Waals surface area contributed by atoms with Gasteiger partial charge in [0.15, 0.2) is 0 Å². The van der Waals surface area contributed by atoms with Gasteiger partial charge in [0, 0.05) is 12.0 Å². The van der Waals surface area contributed by atoms with Crippen LogP contribution in [0.5, 0.6) is 5.75 Å². The van der Waals surface area contributed by atoms with Gasteiger partial charge in [0.05, 0.1) is 29.2 Å².